The van der Waals surface area contributed by atoms with Crippen molar-refractivity contribution in [1.29, 1.82) is 0 Å². The van der Waals surface area contributed by atoms with Crippen molar-refractivity contribution in [2.45, 2.75) is 57.8 Å². The maximum absolute atomic E-state index is 12.2. The zero-order valence-corrected chi connectivity index (χ0v) is 14.0. The van der Waals surface area contributed by atoms with Gasteiger partial charge in [0, 0.05) is 44.7 Å². The highest BCUT2D eigenvalue weighted by molar-refractivity contribution is 5.76. The maximum atomic E-state index is 12.2. The molecule has 4 nitrogen and oxygen atoms in total. The summed E-state index contributed by atoms with van der Waals surface area (Å²) in [5.74, 6) is 0.170. The van der Waals surface area contributed by atoms with Crippen molar-refractivity contribution >= 4 is 5.91 Å². The summed E-state index contributed by atoms with van der Waals surface area (Å²) >= 11 is 0. The van der Waals surface area contributed by atoms with Crippen molar-refractivity contribution in [3.05, 3.63) is 35.9 Å². The Labute approximate surface area is 134 Å². The summed E-state index contributed by atoms with van der Waals surface area (Å²) in [5.41, 5.74) is 7.10. The van der Waals surface area contributed by atoms with Gasteiger partial charge < -0.3 is 10.6 Å². The predicted molar refractivity (Wildman–Crippen MR) is 90.4 cm³/mol. The van der Waals surface area contributed by atoms with E-state index in [0.29, 0.717) is 18.5 Å². The van der Waals surface area contributed by atoms with E-state index < -0.39 is 0 Å². The minimum absolute atomic E-state index is 0.0643. The first kappa shape index (κ1) is 17.0. The highest BCUT2D eigenvalue weighted by Gasteiger charge is 2.29. The topological polar surface area (TPSA) is 49.6 Å². The van der Waals surface area contributed by atoms with Gasteiger partial charge in [-0.25, -0.2) is 0 Å². The van der Waals surface area contributed by atoms with E-state index >= 15 is 0 Å². The van der Waals surface area contributed by atoms with Gasteiger partial charge in [-0.1, -0.05) is 30.3 Å². The zero-order valence-electron chi connectivity index (χ0n) is 14.0. The molecule has 1 aliphatic rings. The monoisotopic (exact) mass is 303 g/mol. The summed E-state index contributed by atoms with van der Waals surface area (Å²) in [6.45, 7) is 6.18. The molecule has 1 aromatic carbocycles. The van der Waals surface area contributed by atoms with Gasteiger partial charge in [-0.2, -0.15) is 0 Å². The van der Waals surface area contributed by atoms with Crippen LogP contribution < -0.4 is 5.73 Å². The Morgan fingerprint density at radius 1 is 1.41 bits per heavy atom. The molecule has 1 aromatic rings. The van der Waals surface area contributed by atoms with Crippen LogP contribution in [0.2, 0.25) is 0 Å². The van der Waals surface area contributed by atoms with E-state index in [2.05, 4.69) is 42.2 Å². The Morgan fingerprint density at radius 2 is 2.09 bits per heavy atom. The number of nitrogens with zero attached hydrogens (tertiary/aromatic N) is 2. The standard InChI is InChI=1S/C18H29N3O/c1-14(19)11-18(22)20(3)17-9-10-21(15(2)12-17)13-16-7-5-4-6-8-16/h4-8,14-15,17H,9-13,19H2,1-3H3. The first-order valence-corrected chi connectivity index (χ1v) is 8.26. The number of hydrogen-bond donors (Lipinski definition) is 1. The van der Waals surface area contributed by atoms with E-state index in [1.807, 2.05) is 18.9 Å². The molecule has 3 unspecified atom stereocenters. The lowest BCUT2D eigenvalue weighted by molar-refractivity contribution is -0.133. The van der Waals surface area contributed by atoms with Crippen molar-refractivity contribution in [2.75, 3.05) is 13.6 Å². The zero-order chi connectivity index (χ0) is 16.1. The molecular weight excluding hydrogens is 274 g/mol. The first-order valence-electron chi connectivity index (χ1n) is 8.26. The summed E-state index contributed by atoms with van der Waals surface area (Å²) in [5, 5.41) is 0. The largest absolute Gasteiger partial charge is 0.343 e. The van der Waals surface area contributed by atoms with Crippen molar-refractivity contribution < 1.29 is 4.79 Å². The third kappa shape index (κ3) is 4.55. The number of piperidine rings is 1. The quantitative estimate of drug-likeness (QED) is 0.907. The summed E-state index contributed by atoms with van der Waals surface area (Å²) in [6, 6.07) is 11.4. The highest BCUT2D eigenvalue weighted by Crippen LogP contribution is 2.23. The van der Waals surface area contributed by atoms with Crippen LogP contribution >= 0.6 is 0 Å². The molecule has 1 heterocycles. The fraction of sp³-hybridized carbons (Fsp3) is 0.611. The van der Waals surface area contributed by atoms with Crippen LogP contribution in [0.1, 0.15) is 38.7 Å². The van der Waals surface area contributed by atoms with E-state index in [1.165, 1.54) is 5.56 Å². The normalized spacial score (nSPS) is 24.0. The Morgan fingerprint density at radius 3 is 2.68 bits per heavy atom. The van der Waals surface area contributed by atoms with Crippen molar-refractivity contribution in [2.24, 2.45) is 5.73 Å². The molecule has 0 spiro atoms. The lowest BCUT2D eigenvalue weighted by atomic mass is 9.96. The lowest BCUT2D eigenvalue weighted by Crippen LogP contribution is -2.49. The SMILES string of the molecule is CC(N)CC(=O)N(C)C1CCN(Cc2ccccc2)C(C)C1. The molecule has 2 N–H and O–H groups in total. The van der Waals surface area contributed by atoms with Crippen LogP contribution in [0.5, 0.6) is 0 Å². The van der Waals surface area contributed by atoms with Crippen LogP contribution in [-0.4, -0.2) is 47.4 Å². The first-order chi connectivity index (χ1) is 10.5. The molecule has 2 rings (SSSR count). The molecule has 1 saturated heterocycles. The fourth-order valence-electron chi connectivity index (χ4n) is 3.22. The molecule has 1 fully saturated rings. The Kier molecular flexibility index (Phi) is 5.98. The fourth-order valence-corrected chi connectivity index (χ4v) is 3.22. The molecule has 1 aliphatic heterocycles. The maximum Gasteiger partial charge on any atom is 0.224 e. The second-order valence-corrected chi connectivity index (χ2v) is 6.67. The van der Waals surface area contributed by atoms with Crippen LogP contribution in [0.25, 0.3) is 0 Å². The van der Waals surface area contributed by atoms with Crippen molar-refractivity contribution in [3.63, 3.8) is 0 Å². The number of rotatable bonds is 5. The van der Waals surface area contributed by atoms with Crippen LogP contribution in [0.4, 0.5) is 0 Å². The van der Waals surface area contributed by atoms with Crippen LogP contribution in [0.15, 0.2) is 30.3 Å². The van der Waals surface area contributed by atoms with Gasteiger partial charge in [0.05, 0.1) is 0 Å². The minimum atomic E-state index is -0.0643. The average Bonchev–Trinajstić information content (AvgIpc) is 2.49. The van der Waals surface area contributed by atoms with Crippen LogP contribution in [-0.2, 0) is 11.3 Å². The number of likely N-dealkylation sites (tertiary alicyclic amines) is 1. The number of amides is 1. The second-order valence-electron chi connectivity index (χ2n) is 6.67. The van der Waals surface area contributed by atoms with Gasteiger partial charge in [-0.15, -0.1) is 0 Å². The molecule has 0 radical (unpaired) electrons. The Bertz CT molecular complexity index is 474. The molecule has 22 heavy (non-hydrogen) atoms. The number of benzene rings is 1. The summed E-state index contributed by atoms with van der Waals surface area (Å²) in [6.07, 6.45) is 2.52. The van der Waals surface area contributed by atoms with Crippen molar-refractivity contribution in [1.82, 2.24) is 9.80 Å². The van der Waals surface area contributed by atoms with E-state index in [-0.39, 0.29) is 11.9 Å². The number of carbonyl (C=O) groups is 1. The van der Waals surface area contributed by atoms with E-state index in [0.717, 1.165) is 25.9 Å². The molecule has 122 valence electrons. The Hall–Kier alpha value is -1.39. The molecule has 0 aromatic heterocycles. The molecule has 4 heteroatoms. The van der Waals surface area contributed by atoms with Crippen LogP contribution in [0, 0.1) is 0 Å². The highest BCUT2D eigenvalue weighted by atomic mass is 16.2. The molecule has 0 saturated carbocycles. The van der Waals surface area contributed by atoms with Gasteiger partial charge in [-0.05, 0) is 32.3 Å². The molecule has 1 amide bonds. The molecule has 3 atom stereocenters. The number of carbonyl (C=O) groups excluding carboxylic acids is 1. The summed E-state index contributed by atoms with van der Waals surface area (Å²) in [4.78, 5) is 16.6. The Balaban J connectivity index is 1.88. The third-order valence-electron chi connectivity index (χ3n) is 4.65. The average molecular weight is 303 g/mol. The van der Waals surface area contributed by atoms with E-state index in [1.54, 1.807) is 0 Å². The van der Waals surface area contributed by atoms with Gasteiger partial charge in [0.25, 0.3) is 0 Å². The minimum Gasteiger partial charge on any atom is -0.343 e. The number of nitrogens with two attached hydrogens (primary N) is 1. The second kappa shape index (κ2) is 7.75. The number of hydrogen-bond acceptors (Lipinski definition) is 3. The molecule has 0 aliphatic carbocycles. The van der Waals surface area contributed by atoms with Gasteiger partial charge in [0.1, 0.15) is 0 Å². The van der Waals surface area contributed by atoms with Crippen LogP contribution in [0.3, 0.4) is 0 Å². The van der Waals surface area contributed by atoms with E-state index in [9.17, 15) is 4.79 Å². The smallest absolute Gasteiger partial charge is 0.224 e. The van der Waals surface area contributed by atoms with E-state index in [4.69, 9.17) is 5.73 Å². The predicted octanol–water partition coefficient (Wildman–Crippen LogP) is 2.24. The summed E-state index contributed by atoms with van der Waals surface area (Å²) in [7, 11) is 1.93. The van der Waals surface area contributed by atoms with Gasteiger partial charge >= 0.3 is 0 Å². The summed E-state index contributed by atoms with van der Waals surface area (Å²) < 4.78 is 0. The molecule has 0 bridgehead atoms. The third-order valence-corrected chi connectivity index (χ3v) is 4.65. The lowest BCUT2D eigenvalue weighted by Gasteiger charge is -2.41. The van der Waals surface area contributed by atoms with Gasteiger partial charge in [0.15, 0.2) is 0 Å². The van der Waals surface area contributed by atoms with Gasteiger partial charge in [-0.3, -0.25) is 9.69 Å². The van der Waals surface area contributed by atoms with Gasteiger partial charge in [0.2, 0.25) is 5.91 Å². The van der Waals surface area contributed by atoms with Crippen molar-refractivity contribution in [3.8, 4) is 0 Å². The molecular formula is C18H29N3O.